The fourth-order valence-corrected chi connectivity index (χ4v) is 5.90. The molecule has 0 radical (unpaired) electrons. The Labute approximate surface area is 260 Å². The van der Waals surface area contributed by atoms with E-state index in [-0.39, 0.29) is 22.1 Å². The highest BCUT2D eigenvalue weighted by Gasteiger charge is 2.25. The van der Waals surface area contributed by atoms with Crippen LogP contribution in [-0.2, 0) is 17.1 Å². The summed E-state index contributed by atoms with van der Waals surface area (Å²) in [6, 6.07) is 15.9. The summed E-state index contributed by atoms with van der Waals surface area (Å²) in [7, 11) is -2.12. The van der Waals surface area contributed by atoms with Crippen LogP contribution >= 0.6 is 11.6 Å². The largest absolute Gasteiger partial charge is 0.377 e. The van der Waals surface area contributed by atoms with Crippen LogP contribution in [0.4, 0.5) is 17.3 Å². The van der Waals surface area contributed by atoms with Gasteiger partial charge in [-0.15, -0.1) is 0 Å². The molecule has 12 nitrogen and oxygen atoms in total. The first-order chi connectivity index (χ1) is 20.8. The number of benzene rings is 2. The quantitative estimate of drug-likeness (QED) is 0.289. The minimum atomic E-state index is -3.84. The molecule has 1 aliphatic heterocycles. The van der Waals surface area contributed by atoms with E-state index in [0.29, 0.717) is 48.6 Å². The number of aryl methyl sites for hydroxylation is 1. The Morgan fingerprint density at radius 2 is 1.70 bits per heavy atom. The number of nitrogens with one attached hydrogen (secondary N) is 2. The van der Waals surface area contributed by atoms with Crippen LogP contribution in [0.5, 0.6) is 0 Å². The molecule has 1 atom stereocenters. The van der Waals surface area contributed by atoms with Crippen LogP contribution in [0, 0.1) is 18.3 Å². The molecule has 4 aromatic rings. The molecule has 5 rings (SSSR count). The van der Waals surface area contributed by atoms with Crippen LogP contribution in [0.1, 0.15) is 40.1 Å². The Morgan fingerprint density at radius 3 is 2.34 bits per heavy atom. The number of halogens is 1. The van der Waals surface area contributed by atoms with Gasteiger partial charge >= 0.3 is 0 Å². The SMILES string of the molecule is Cc1cc([C@@H](C)Nc2ccc(Cl)nc2C(=O)NS(C)(=O)=O)c2nc(N3CCN(c4ccc(C#N)cc4)CC3)n(C)c(=O)c2c1. The molecule has 0 spiro atoms. The Hall–Kier alpha value is -4.67. The molecule has 1 amide bonds. The van der Waals surface area contributed by atoms with E-state index in [1.165, 1.54) is 6.07 Å². The van der Waals surface area contributed by atoms with Crippen LogP contribution in [-0.4, -0.2) is 61.3 Å². The van der Waals surface area contributed by atoms with Gasteiger partial charge in [-0.3, -0.25) is 14.2 Å². The maximum absolute atomic E-state index is 13.6. The van der Waals surface area contributed by atoms with Gasteiger partial charge in [0.2, 0.25) is 16.0 Å². The summed E-state index contributed by atoms with van der Waals surface area (Å²) in [5.41, 5.74) is 3.64. The van der Waals surface area contributed by atoms with Crippen LogP contribution in [0.25, 0.3) is 10.9 Å². The van der Waals surface area contributed by atoms with Crippen LogP contribution in [0.3, 0.4) is 0 Å². The second kappa shape index (κ2) is 12.1. The standard InChI is InChI=1S/C30H31ClN8O4S/c1-18-15-22(19(2)33-24-9-10-25(31)34-27(24)28(40)36-44(4,42)43)26-23(16-18)29(41)37(3)30(35-26)39-13-11-38(12-14-39)21-7-5-20(17-32)6-8-21/h5-10,15-16,19,33H,11-14H2,1-4H3,(H,36,40)/t19-/m1/s1. The zero-order valence-electron chi connectivity index (χ0n) is 24.6. The van der Waals surface area contributed by atoms with E-state index in [2.05, 4.69) is 26.2 Å². The minimum Gasteiger partial charge on any atom is -0.377 e. The number of nitriles is 1. The second-order valence-electron chi connectivity index (χ2n) is 10.8. The molecule has 2 N–H and O–H groups in total. The van der Waals surface area contributed by atoms with Gasteiger partial charge in [0, 0.05) is 44.5 Å². The zero-order chi connectivity index (χ0) is 31.8. The number of hydrogen-bond donors (Lipinski definition) is 2. The summed E-state index contributed by atoms with van der Waals surface area (Å²) in [5, 5.41) is 12.8. The summed E-state index contributed by atoms with van der Waals surface area (Å²) in [4.78, 5) is 39.7. The maximum atomic E-state index is 13.6. The summed E-state index contributed by atoms with van der Waals surface area (Å²) in [6.07, 6.45) is 0.876. The average molecular weight is 635 g/mol. The van der Waals surface area contributed by atoms with E-state index >= 15 is 0 Å². The van der Waals surface area contributed by atoms with Crippen molar-refractivity contribution < 1.29 is 13.2 Å². The van der Waals surface area contributed by atoms with E-state index in [1.807, 2.05) is 42.8 Å². The second-order valence-corrected chi connectivity index (χ2v) is 12.9. The maximum Gasteiger partial charge on any atom is 0.285 e. The number of amides is 1. The first kappa shape index (κ1) is 30.8. The Kier molecular flexibility index (Phi) is 8.49. The Morgan fingerprint density at radius 1 is 1.05 bits per heavy atom. The first-order valence-electron chi connectivity index (χ1n) is 13.8. The highest BCUT2D eigenvalue weighted by molar-refractivity contribution is 7.89. The van der Waals surface area contributed by atoms with Gasteiger partial charge in [-0.05, 0) is 61.9 Å². The molecular weight excluding hydrogens is 604 g/mol. The number of anilines is 3. The molecule has 0 unspecified atom stereocenters. The highest BCUT2D eigenvalue weighted by atomic mass is 35.5. The molecule has 228 valence electrons. The normalized spacial score (nSPS) is 14.3. The Balaban J connectivity index is 1.47. The van der Waals surface area contributed by atoms with Gasteiger partial charge in [0.25, 0.3) is 11.5 Å². The fraction of sp³-hybridized carbons (Fsp3) is 0.300. The molecule has 0 aliphatic carbocycles. The molecule has 3 heterocycles. The van der Waals surface area contributed by atoms with Gasteiger partial charge in [-0.2, -0.15) is 5.26 Å². The molecule has 44 heavy (non-hydrogen) atoms. The lowest BCUT2D eigenvalue weighted by molar-refractivity contribution is 0.0977. The molecule has 2 aromatic heterocycles. The van der Waals surface area contributed by atoms with Gasteiger partial charge in [-0.25, -0.2) is 23.1 Å². The van der Waals surface area contributed by atoms with Crippen molar-refractivity contribution in [3.8, 4) is 6.07 Å². The van der Waals surface area contributed by atoms with Crippen molar-refractivity contribution in [2.75, 3.05) is 47.6 Å². The van der Waals surface area contributed by atoms with E-state index in [0.717, 1.165) is 23.1 Å². The lowest BCUT2D eigenvalue weighted by Crippen LogP contribution is -2.48. The topological polar surface area (TPSA) is 153 Å². The van der Waals surface area contributed by atoms with Crippen molar-refractivity contribution in [1.82, 2.24) is 19.3 Å². The molecular formula is C30H31ClN8O4S. The molecule has 2 aromatic carbocycles. The third-order valence-electron chi connectivity index (χ3n) is 7.45. The number of piperazine rings is 1. The summed E-state index contributed by atoms with van der Waals surface area (Å²) >= 11 is 6.03. The van der Waals surface area contributed by atoms with Crippen molar-refractivity contribution in [3.05, 3.63) is 86.4 Å². The van der Waals surface area contributed by atoms with E-state index in [1.54, 1.807) is 29.8 Å². The zero-order valence-corrected chi connectivity index (χ0v) is 26.2. The number of carbonyl (C=O) groups excluding carboxylic acids is 1. The van der Waals surface area contributed by atoms with Crippen molar-refractivity contribution in [2.24, 2.45) is 7.05 Å². The third-order valence-corrected chi connectivity index (χ3v) is 8.21. The van der Waals surface area contributed by atoms with Gasteiger partial charge in [0.15, 0.2) is 5.69 Å². The molecule has 14 heteroatoms. The molecule has 1 aliphatic rings. The monoisotopic (exact) mass is 634 g/mol. The molecule has 1 fully saturated rings. The van der Waals surface area contributed by atoms with Crippen molar-refractivity contribution in [2.45, 2.75) is 19.9 Å². The number of aromatic nitrogens is 3. The number of pyridine rings is 1. The minimum absolute atomic E-state index is 0.0249. The first-order valence-corrected chi connectivity index (χ1v) is 16.1. The van der Waals surface area contributed by atoms with Gasteiger partial charge in [0.05, 0.1) is 40.5 Å². The van der Waals surface area contributed by atoms with Gasteiger partial charge in [-0.1, -0.05) is 17.7 Å². The van der Waals surface area contributed by atoms with Crippen LogP contribution < -0.4 is 25.4 Å². The number of rotatable bonds is 7. The summed E-state index contributed by atoms with van der Waals surface area (Å²) in [6.45, 7) is 6.43. The lowest BCUT2D eigenvalue weighted by Gasteiger charge is -2.37. The summed E-state index contributed by atoms with van der Waals surface area (Å²) < 4.78 is 26.9. The number of sulfonamides is 1. The number of fused-ring (bicyclic) bond motifs is 1. The van der Waals surface area contributed by atoms with Crippen LogP contribution in [0.15, 0.2) is 53.3 Å². The van der Waals surface area contributed by atoms with E-state index in [9.17, 15) is 18.0 Å². The number of hydrogen-bond acceptors (Lipinski definition) is 10. The van der Waals surface area contributed by atoms with Crippen molar-refractivity contribution in [3.63, 3.8) is 0 Å². The Bertz CT molecular complexity index is 1960. The van der Waals surface area contributed by atoms with Crippen LogP contribution in [0.2, 0.25) is 5.15 Å². The predicted octanol–water partition coefficient (Wildman–Crippen LogP) is 3.35. The molecule has 0 bridgehead atoms. The highest BCUT2D eigenvalue weighted by Crippen LogP contribution is 2.29. The van der Waals surface area contributed by atoms with Crippen molar-refractivity contribution >= 4 is 55.8 Å². The average Bonchev–Trinajstić information content (AvgIpc) is 2.99. The smallest absolute Gasteiger partial charge is 0.285 e. The molecule has 0 saturated carbocycles. The molecule has 1 saturated heterocycles. The van der Waals surface area contributed by atoms with E-state index < -0.39 is 22.0 Å². The van der Waals surface area contributed by atoms with E-state index in [4.69, 9.17) is 21.8 Å². The third kappa shape index (κ3) is 6.46. The predicted molar refractivity (Wildman–Crippen MR) is 171 cm³/mol. The van der Waals surface area contributed by atoms with Gasteiger partial charge < -0.3 is 15.1 Å². The van der Waals surface area contributed by atoms with Gasteiger partial charge in [0.1, 0.15) is 5.15 Å². The van der Waals surface area contributed by atoms with Crippen molar-refractivity contribution in [1.29, 1.82) is 5.26 Å². The lowest BCUT2D eigenvalue weighted by atomic mass is 10.0. The number of nitrogens with zero attached hydrogens (tertiary/aromatic N) is 6. The number of carbonyl (C=O) groups is 1. The summed E-state index contributed by atoms with van der Waals surface area (Å²) in [5.74, 6) is -0.381. The fourth-order valence-electron chi connectivity index (χ4n) is 5.32.